The first-order valence-electron chi connectivity index (χ1n) is 10.7. The van der Waals surface area contributed by atoms with E-state index < -0.39 is 19.8 Å². The Kier molecular flexibility index (Phi) is 6.51. The minimum absolute atomic E-state index is 0.0136. The van der Waals surface area contributed by atoms with Crippen molar-refractivity contribution in [1.29, 1.82) is 0 Å². The zero-order valence-electron chi connectivity index (χ0n) is 19.0. The average Bonchev–Trinajstić information content (AvgIpc) is 2.73. The Hall–Kier alpha value is -2.72. The third-order valence-corrected chi connectivity index (χ3v) is 10.5. The number of rotatable bonds is 7. The van der Waals surface area contributed by atoms with Gasteiger partial charge in [0, 0.05) is 17.5 Å². The van der Waals surface area contributed by atoms with Crippen LogP contribution in [0.15, 0.2) is 84.9 Å². The van der Waals surface area contributed by atoms with Crippen molar-refractivity contribution in [2.24, 2.45) is 0 Å². The standard InChI is InChI=1S/C27H31FO2Si/c1-26(2,3)31(4,5)30-24-18-12-17-23(19-24)27(28,20-21-13-8-6-9-14-21)25(29)22-15-10-7-11-16-22/h6-19H,20H2,1-5H3/t27-/m0/s1. The highest BCUT2D eigenvalue weighted by Gasteiger charge is 2.42. The number of hydrogen-bond donors (Lipinski definition) is 0. The van der Waals surface area contributed by atoms with Gasteiger partial charge in [0.2, 0.25) is 19.8 Å². The number of alkyl halides is 1. The molecule has 3 aromatic carbocycles. The van der Waals surface area contributed by atoms with E-state index in [0.717, 1.165) is 5.56 Å². The first-order chi connectivity index (χ1) is 14.5. The molecule has 3 aromatic rings. The number of Topliss-reactive ketones (excluding diaryl/α,β-unsaturated/α-hetero) is 1. The number of carbonyl (C=O) groups is 1. The van der Waals surface area contributed by atoms with E-state index in [0.29, 0.717) is 16.9 Å². The molecule has 0 aliphatic carbocycles. The second-order valence-corrected chi connectivity index (χ2v) is 14.3. The lowest BCUT2D eigenvalue weighted by Crippen LogP contribution is -2.44. The van der Waals surface area contributed by atoms with Crippen LogP contribution in [0.1, 0.15) is 42.3 Å². The molecule has 0 saturated carbocycles. The van der Waals surface area contributed by atoms with Gasteiger partial charge in [0.05, 0.1) is 0 Å². The molecule has 31 heavy (non-hydrogen) atoms. The largest absolute Gasteiger partial charge is 0.543 e. The lowest BCUT2D eigenvalue weighted by Gasteiger charge is -2.36. The van der Waals surface area contributed by atoms with Gasteiger partial charge in [0.15, 0.2) is 0 Å². The van der Waals surface area contributed by atoms with Crippen LogP contribution in [-0.4, -0.2) is 14.1 Å². The molecule has 2 nitrogen and oxygen atoms in total. The van der Waals surface area contributed by atoms with Gasteiger partial charge in [-0.2, -0.15) is 0 Å². The molecule has 0 aliphatic heterocycles. The summed E-state index contributed by atoms with van der Waals surface area (Å²) >= 11 is 0. The van der Waals surface area contributed by atoms with E-state index in [-0.39, 0.29) is 11.5 Å². The van der Waals surface area contributed by atoms with Crippen molar-refractivity contribution in [1.82, 2.24) is 0 Å². The van der Waals surface area contributed by atoms with E-state index in [1.807, 2.05) is 42.5 Å². The number of ketones is 1. The first kappa shape index (κ1) is 23.0. The molecule has 0 saturated heterocycles. The van der Waals surface area contributed by atoms with Gasteiger partial charge >= 0.3 is 0 Å². The van der Waals surface area contributed by atoms with Crippen LogP contribution < -0.4 is 4.43 Å². The van der Waals surface area contributed by atoms with Crippen molar-refractivity contribution in [2.75, 3.05) is 0 Å². The summed E-state index contributed by atoms with van der Waals surface area (Å²) in [7, 11) is -2.10. The highest BCUT2D eigenvalue weighted by atomic mass is 28.4. The maximum absolute atomic E-state index is 16.7. The third-order valence-electron chi connectivity index (χ3n) is 6.16. The fourth-order valence-electron chi connectivity index (χ4n) is 3.26. The van der Waals surface area contributed by atoms with Crippen LogP contribution in [0.4, 0.5) is 4.39 Å². The number of benzene rings is 3. The number of halogens is 1. The molecule has 0 aliphatic rings. The van der Waals surface area contributed by atoms with Crippen LogP contribution in [0.5, 0.6) is 5.75 Å². The quantitative estimate of drug-likeness (QED) is 0.287. The first-order valence-corrected chi connectivity index (χ1v) is 13.6. The Morgan fingerprint density at radius 2 is 1.45 bits per heavy atom. The van der Waals surface area contributed by atoms with Gasteiger partial charge in [-0.25, -0.2) is 4.39 Å². The molecule has 1 atom stereocenters. The second kappa shape index (κ2) is 8.79. The predicted molar refractivity (Wildman–Crippen MR) is 128 cm³/mol. The van der Waals surface area contributed by atoms with Gasteiger partial charge in [-0.3, -0.25) is 4.79 Å². The van der Waals surface area contributed by atoms with Crippen LogP contribution in [-0.2, 0) is 12.1 Å². The zero-order valence-corrected chi connectivity index (χ0v) is 20.0. The summed E-state index contributed by atoms with van der Waals surface area (Å²) in [4.78, 5) is 13.4. The van der Waals surface area contributed by atoms with Gasteiger partial charge in [-0.1, -0.05) is 93.6 Å². The minimum atomic E-state index is -2.20. The van der Waals surface area contributed by atoms with Crippen molar-refractivity contribution in [2.45, 2.75) is 51.0 Å². The van der Waals surface area contributed by atoms with E-state index in [4.69, 9.17) is 4.43 Å². The summed E-state index contributed by atoms with van der Waals surface area (Å²) in [6, 6.07) is 25.0. The third kappa shape index (κ3) is 5.13. The normalized spacial score (nSPS) is 14.0. The van der Waals surface area contributed by atoms with Gasteiger partial charge in [-0.05, 0) is 35.8 Å². The molecule has 0 amide bonds. The molecular formula is C27H31FO2Si. The van der Waals surface area contributed by atoms with E-state index in [1.54, 1.807) is 42.5 Å². The maximum Gasteiger partial charge on any atom is 0.250 e. The van der Waals surface area contributed by atoms with Crippen molar-refractivity contribution >= 4 is 14.1 Å². The molecular weight excluding hydrogens is 403 g/mol. The molecule has 4 heteroatoms. The Balaban J connectivity index is 2.05. The Labute approximate surface area is 186 Å². The van der Waals surface area contributed by atoms with Gasteiger partial charge in [0.25, 0.3) is 0 Å². The summed E-state index contributed by atoms with van der Waals surface area (Å²) in [5.74, 6) is 0.0708. The maximum atomic E-state index is 16.7. The summed E-state index contributed by atoms with van der Waals surface area (Å²) < 4.78 is 23.1. The predicted octanol–water partition coefficient (Wildman–Crippen LogP) is 7.36. The number of hydrogen-bond acceptors (Lipinski definition) is 2. The Bertz CT molecular complexity index is 1030. The Morgan fingerprint density at radius 1 is 0.871 bits per heavy atom. The molecule has 3 rings (SSSR count). The van der Waals surface area contributed by atoms with E-state index in [2.05, 4.69) is 33.9 Å². The minimum Gasteiger partial charge on any atom is -0.543 e. The summed E-state index contributed by atoms with van der Waals surface area (Å²) in [6.07, 6.45) is -0.0366. The zero-order chi connectivity index (χ0) is 22.7. The van der Waals surface area contributed by atoms with Crippen LogP contribution in [0.3, 0.4) is 0 Å². The molecule has 0 fully saturated rings. The van der Waals surface area contributed by atoms with Crippen molar-refractivity contribution in [3.63, 3.8) is 0 Å². The lowest BCUT2D eigenvalue weighted by atomic mass is 9.82. The molecule has 0 bridgehead atoms. The molecule has 0 radical (unpaired) electrons. The highest BCUT2D eigenvalue weighted by molar-refractivity contribution is 6.74. The molecule has 0 spiro atoms. The van der Waals surface area contributed by atoms with Gasteiger partial charge in [0.1, 0.15) is 5.75 Å². The molecule has 0 heterocycles. The number of carbonyl (C=O) groups excluding carboxylic acids is 1. The Morgan fingerprint density at radius 3 is 2.03 bits per heavy atom. The fourth-order valence-corrected chi connectivity index (χ4v) is 4.29. The smallest absolute Gasteiger partial charge is 0.250 e. The van der Waals surface area contributed by atoms with Crippen LogP contribution in [0.25, 0.3) is 0 Å². The van der Waals surface area contributed by atoms with E-state index in [9.17, 15) is 4.79 Å². The van der Waals surface area contributed by atoms with Crippen LogP contribution in [0.2, 0.25) is 18.1 Å². The van der Waals surface area contributed by atoms with Crippen molar-refractivity contribution in [3.8, 4) is 5.75 Å². The van der Waals surface area contributed by atoms with Crippen LogP contribution in [0, 0.1) is 0 Å². The molecule has 0 N–H and O–H groups in total. The SMILES string of the molecule is CC(C)(C)[Si](C)(C)Oc1cccc([C@@](F)(Cc2ccccc2)C(=O)c2ccccc2)c1. The van der Waals surface area contributed by atoms with E-state index in [1.165, 1.54) is 0 Å². The molecule has 0 aromatic heterocycles. The van der Waals surface area contributed by atoms with Crippen molar-refractivity contribution < 1.29 is 13.6 Å². The second-order valence-electron chi connectivity index (χ2n) is 9.55. The summed E-state index contributed by atoms with van der Waals surface area (Å²) in [6.45, 7) is 10.8. The highest BCUT2D eigenvalue weighted by Crippen LogP contribution is 2.40. The molecule has 162 valence electrons. The van der Waals surface area contributed by atoms with Gasteiger partial charge in [-0.15, -0.1) is 0 Å². The van der Waals surface area contributed by atoms with Crippen molar-refractivity contribution in [3.05, 3.63) is 102 Å². The monoisotopic (exact) mass is 434 g/mol. The fraction of sp³-hybridized carbons (Fsp3) is 0.296. The summed E-state index contributed by atoms with van der Waals surface area (Å²) in [5, 5.41) is 0.0136. The van der Waals surface area contributed by atoms with E-state index >= 15 is 4.39 Å². The average molecular weight is 435 g/mol. The van der Waals surface area contributed by atoms with Gasteiger partial charge < -0.3 is 4.43 Å². The molecule has 0 unspecified atom stereocenters. The topological polar surface area (TPSA) is 26.3 Å². The van der Waals surface area contributed by atoms with Crippen LogP contribution >= 0.6 is 0 Å². The summed E-state index contributed by atoms with van der Waals surface area (Å²) in [5.41, 5.74) is -0.752. The lowest BCUT2D eigenvalue weighted by molar-refractivity contribution is 0.0676.